The number of esters is 1. The van der Waals surface area contributed by atoms with E-state index in [1.165, 1.54) is 0 Å². The van der Waals surface area contributed by atoms with Gasteiger partial charge < -0.3 is 10.1 Å². The minimum absolute atomic E-state index is 0.121. The van der Waals surface area contributed by atoms with E-state index in [0.717, 1.165) is 5.56 Å². The van der Waals surface area contributed by atoms with E-state index in [1.807, 2.05) is 30.3 Å². The summed E-state index contributed by atoms with van der Waals surface area (Å²) in [5.41, 5.74) is 0.851. The van der Waals surface area contributed by atoms with Crippen molar-refractivity contribution in [1.82, 2.24) is 5.32 Å². The third-order valence-electron chi connectivity index (χ3n) is 2.61. The van der Waals surface area contributed by atoms with Crippen molar-refractivity contribution in [2.75, 3.05) is 6.61 Å². The Labute approximate surface area is 93.6 Å². The van der Waals surface area contributed by atoms with Crippen LogP contribution in [-0.4, -0.2) is 24.5 Å². The highest BCUT2D eigenvalue weighted by atomic mass is 16.5. The molecule has 4 nitrogen and oxygen atoms in total. The second-order valence-electron chi connectivity index (χ2n) is 3.63. The number of ether oxygens (including phenoxy) is 1. The molecule has 16 heavy (non-hydrogen) atoms. The lowest BCUT2D eigenvalue weighted by Crippen LogP contribution is -2.60. The van der Waals surface area contributed by atoms with Gasteiger partial charge in [0.15, 0.2) is 0 Å². The molecule has 1 amide bonds. The molecule has 2 rings (SSSR count). The molecule has 0 saturated carbocycles. The van der Waals surface area contributed by atoms with Crippen molar-refractivity contribution in [2.45, 2.75) is 18.9 Å². The number of benzene rings is 1. The maximum atomic E-state index is 11.5. The SMILES string of the molecule is CCOC(=O)C1NC(=O)C1c1ccccc1. The van der Waals surface area contributed by atoms with Crippen LogP contribution < -0.4 is 5.32 Å². The first-order valence-electron chi connectivity index (χ1n) is 5.26. The first-order chi connectivity index (χ1) is 7.74. The molecule has 1 aliphatic rings. The first kappa shape index (κ1) is 10.7. The van der Waals surface area contributed by atoms with Crippen molar-refractivity contribution in [2.24, 2.45) is 0 Å². The summed E-state index contributed by atoms with van der Waals surface area (Å²) in [5, 5.41) is 2.56. The van der Waals surface area contributed by atoms with Crippen molar-refractivity contribution in [1.29, 1.82) is 0 Å². The highest BCUT2D eigenvalue weighted by Gasteiger charge is 2.45. The van der Waals surface area contributed by atoms with Crippen LogP contribution in [0.5, 0.6) is 0 Å². The number of hydrogen-bond donors (Lipinski definition) is 1. The maximum Gasteiger partial charge on any atom is 0.329 e. The summed E-state index contributed by atoms with van der Waals surface area (Å²) in [7, 11) is 0. The van der Waals surface area contributed by atoms with Crippen LogP contribution >= 0.6 is 0 Å². The smallest absolute Gasteiger partial charge is 0.329 e. The second kappa shape index (κ2) is 4.35. The fourth-order valence-corrected chi connectivity index (χ4v) is 1.81. The molecule has 0 radical (unpaired) electrons. The average Bonchev–Trinajstić information content (AvgIpc) is 2.27. The second-order valence-corrected chi connectivity index (χ2v) is 3.63. The maximum absolute atomic E-state index is 11.5. The topological polar surface area (TPSA) is 55.4 Å². The summed E-state index contributed by atoms with van der Waals surface area (Å²) < 4.78 is 4.89. The average molecular weight is 219 g/mol. The Morgan fingerprint density at radius 3 is 2.62 bits per heavy atom. The van der Waals surface area contributed by atoms with Gasteiger partial charge in [-0.3, -0.25) is 4.79 Å². The van der Waals surface area contributed by atoms with Crippen molar-refractivity contribution in [3.63, 3.8) is 0 Å². The van der Waals surface area contributed by atoms with Gasteiger partial charge in [-0.2, -0.15) is 0 Å². The Bertz CT molecular complexity index is 402. The normalized spacial score (nSPS) is 23.2. The lowest BCUT2D eigenvalue weighted by Gasteiger charge is -2.34. The monoisotopic (exact) mass is 219 g/mol. The van der Waals surface area contributed by atoms with Gasteiger partial charge in [0.2, 0.25) is 5.91 Å². The molecule has 0 spiro atoms. The van der Waals surface area contributed by atoms with Crippen molar-refractivity contribution < 1.29 is 14.3 Å². The van der Waals surface area contributed by atoms with E-state index in [0.29, 0.717) is 6.61 Å². The molecule has 1 saturated heterocycles. The molecule has 0 bridgehead atoms. The van der Waals surface area contributed by atoms with Gasteiger partial charge in [-0.15, -0.1) is 0 Å². The molecule has 1 fully saturated rings. The molecule has 1 heterocycles. The number of carbonyl (C=O) groups excluding carboxylic acids is 2. The van der Waals surface area contributed by atoms with Crippen LogP contribution in [0.3, 0.4) is 0 Å². The predicted octanol–water partition coefficient (Wildman–Crippen LogP) is 0.832. The lowest BCUT2D eigenvalue weighted by molar-refractivity contribution is -0.154. The van der Waals surface area contributed by atoms with Gasteiger partial charge in [0.25, 0.3) is 0 Å². The fraction of sp³-hybridized carbons (Fsp3) is 0.333. The Balaban J connectivity index is 2.14. The fourth-order valence-electron chi connectivity index (χ4n) is 1.81. The Kier molecular flexibility index (Phi) is 2.90. The molecule has 84 valence electrons. The largest absolute Gasteiger partial charge is 0.464 e. The molecular weight excluding hydrogens is 206 g/mol. The molecule has 0 aliphatic carbocycles. The van der Waals surface area contributed by atoms with Crippen molar-refractivity contribution in [3.8, 4) is 0 Å². The molecule has 0 aromatic heterocycles. The van der Waals surface area contributed by atoms with Crippen LogP contribution in [0.2, 0.25) is 0 Å². The Morgan fingerprint density at radius 1 is 1.38 bits per heavy atom. The summed E-state index contributed by atoms with van der Waals surface area (Å²) in [6.45, 7) is 2.07. The third kappa shape index (κ3) is 1.78. The predicted molar refractivity (Wildman–Crippen MR) is 57.7 cm³/mol. The van der Waals surface area contributed by atoms with E-state index in [4.69, 9.17) is 4.74 Å². The third-order valence-corrected chi connectivity index (χ3v) is 2.61. The van der Waals surface area contributed by atoms with Crippen LogP contribution in [0.1, 0.15) is 18.4 Å². The van der Waals surface area contributed by atoms with E-state index >= 15 is 0 Å². The standard InChI is InChI=1S/C12H13NO3/c1-2-16-12(15)10-9(11(14)13-10)8-6-4-3-5-7-8/h3-7,9-10H,2H2,1H3,(H,13,14). The highest BCUT2D eigenvalue weighted by Crippen LogP contribution is 2.27. The van der Waals surface area contributed by atoms with E-state index in [9.17, 15) is 9.59 Å². The highest BCUT2D eigenvalue weighted by molar-refractivity contribution is 6.00. The Hall–Kier alpha value is -1.84. The number of β-lactam (4-membered cyclic amide) rings is 1. The summed E-state index contributed by atoms with van der Waals surface area (Å²) in [6, 6.07) is 8.73. The van der Waals surface area contributed by atoms with Gasteiger partial charge in [-0.25, -0.2) is 4.79 Å². The van der Waals surface area contributed by atoms with Gasteiger partial charge >= 0.3 is 5.97 Å². The van der Waals surface area contributed by atoms with E-state index in [-0.39, 0.29) is 11.9 Å². The molecule has 2 unspecified atom stereocenters. The molecular formula is C12H13NO3. The minimum atomic E-state index is -0.533. The molecule has 4 heteroatoms. The number of nitrogens with one attached hydrogen (secondary N) is 1. The number of carbonyl (C=O) groups is 2. The zero-order valence-electron chi connectivity index (χ0n) is 8.97. The molecule has 1 N–H and O–H groups in total. The van der Waals surface area contributed by atoms with Crippen LogP contribution in [0.25, 0.3) is 0 Å². The van der Waals surface area contributed by atoms with Crippen LogP contribution in [-0.2, 0) is 14.3 Å². The van der Waals surface area contributed by atoms with Gasteiger partial charge in [0.1, 0.15) is 6.04 Å². The van der Waals surface area contributed by atoms with E-state index < -0.39 is 12.0 Å². The summed E-state index contributed by atoms with van der Waals surface area (Å²) in [4.78, 5) is 22.9. The quantitative estimate of drug-likeness (QED) is 0.605. The zero-order valence-corrected chi connectivity index (χ0v) is 8.97. The van der Waals surface area contributed by atoms with Gasteiger partial charge in [0, 0.05) is 0 Å². The van der Waals surface area contributed by atoms with Gasteiger partial charge in [0.05, 0.1) is 12.5 Å². The molecule has 2 atom stereocenters. The van der Waals surface area contributed by atoms with Gasteiger partial charge in [-0.1, -0.05) is 30.3 Å². The first-order valence-corrected chi connectivity index (χ1v) is 5.26. The molecule has 1 aromatic rings. The summed E-state index contributed by atoms with van der Waals surface area (Å²) >= 11 is 0. The number of amides is 1. The minimum Gasteiger partial charge on any atom is -0.464 e. The Morgan fingerprint density at radius 2 is 2.06 bits per heavy atom. The number of rotatable bonds is 3. The van der Waals surface area contributed by atoms with Crippen molar-refractivity contribution >= 4 is 11.9 Å². The molecule has 1 aliphatic heterocycles. The summed E-state index contributed by atoms with van der Waals surface area (Å²) in [6.07, 6.45) is 0. The van der Waals surface area contributed by atoms with Gasteiger partial charge in [-0.05, 0) is 12.5 Å². The van der Waals surface area contributed by atoms with E-state index in [1.54, 1.807) is 6.92 Å². The van der Waals surface area contributed by atoms with Crippen LogP contribution in [0.4, 0.5) is 0 Å². The zero-order chi connectivity index (χ0) is 11.5. The molecule has 1 aromatic carbocycles. The van der Waals surface area contributed by atoms with Crippen molar-refractivity contribution in [3.05, 3.63) is 35.9 Å². The van der Waals surface area contributed by atoms with E-state index in [2.05, 4.69) is 5.32 Å². The number of hydrogen-bond acceptors (Lipinski definition) is 3. The van der Waals surface area contributed by atoms with Crippen LogP contribution in [0, 0.1) is 0 Å². The van der Waals surface area contributed by atoms with Crippen LogP contribution in [0.15, 0.2) is 30.3 Å². The summed E-state index contributed by atoms with van der Waals surface area (Å²) in [5.74, 6) is -0.888. The lowest BCUT2D eigenvalue weighted by atomic mass is 9.84.